The molecule has 0 spiro atoms. The Balaban J connectivity index is 1.65. The van der Waals surface area contributed by atoms with Crippen LogP contribution in [0.5, 0.6) is 5.75 Å². The SMILES string of the molecule is COc1cccc(CN/C=C(\C=N)Cc2cc(-n3c(C)ccc3C)nc(-n3c(C)ccc3C)c2)c1. The first-order valence-electron chi connectivity index (χ1n) is 11.8. The van der Waals surface area contributed by atoms with Crippen LogP contribution in [0, 0.1) is 33.1 Å². The maximum Gasteiger partial charge on any atom is 0.139 e. The number of hydrogen-bond donors (Lipinski definition) is 2. The molecule has 6 heteroatoms. The van der Waals surface area contributed by atoms with Crippen LogP contribution in [-0.4, -0.2) is 27.4 Å². The normalized spacial score (nSPS) is 11.5. The van der Waals surface area contributed by atoms with Crippen molar-refractivity contribution in [3.8, 4) is 17.4 Å². The van der Waals surface area contributed by atoms with Crippen LogP contribution in [0.1, 0.15) is 33.9 Å². The van der Waals surface area contributed by atoms with Gasteiger partial charge in [0.15, 0.2) is 0 Å². The van der Waals surface area contributed by atoms with Crippen molar-refractivity contribution in [2.45, 2.75) is 40.7 Å². The minimum absolute atomic E-state index is 0.621. The smallest absolute Gasteiger partial charge is 0.139 e. The Morgan fingerprint density at radius 3 is 1.94 bits per heavy atom. The van der Waals surface area contributed by atoms with Gasteiger partial charge in [0.05, 0.1) is 7.11 Å². The number of ether oxygens (including phenoxy) is 1. The highest BCUT2D eigenvalue weighted by atomic mass is 16.5. The van der Waals surface area contributed by atoms with Crippen molar-refractivity contribution >= 4 is 6.21 Å². The molecule has 35 heavy (non-hydrogen) atoms. The number of allylic oxidation sites excluding steroid dienone is 1. The maximum atomic E-state index is 8.00. The fourth-order valence-corrected chi connectivity index (χ4v) is 4.41. The highest BCUT2D eigenvalue weighted by Crippen LogP contribution is 2.22. The Kier molecular flexibility index (Phi) is 7.20. The lowest BCUT2D eigenvalue weighted by atomic mass is 10.1. The molecule has 0 unspecified atom stereocenters. The first-order valence-corrected chi connectivity index (χ1v) is 11.8. The van der Waals surface area contributed by atoms with Gasteiger partial charge in [0.2, 0.25) is 0 Å². The summed E-state index contributed by atoms with van der Waals surface area (Å²) in [6, 6.07) is 20.7. The van der Waals surface area contributed by atoms with E-state index < -0.39 is 0 Å². The number of aromatic nitrogens is 3. The van der Waals surface area contributed by atoms with Crippen LogP contribution in [0.15, 0.2) is 72.4 Å². The Hall–Kier alpha value is -4.06. The van der Waals surface area contributed by atoms with Gasteiger partial charge in [0.25, 0.3) is 0 Å². The molecule has 0 aliphatic rings. The predicted molar refractivity (Wildman–Crippen MR) is 142 cm³/mol. The third-order valence-electron chi connectivity index (χ3n) is 6.18. The maximum absolute atomic E-state index is 8.00. The van der Waals surface area contributed by atoms with Crippen molar-refractivity contribution in [1.29, 1.82) is 5.41 Å². The van der Waals surface area contributed by atoms with E-state index in [0.29, 0.717) is 13.0 Å². The summed E-state index contributed by atoms with van der Waals surface area (Å²) in [5, 5.41) is 11.3. The molecule has 0 amide bonds. The third kappa shape index (κ3) is 5.38. The molecule has 180 valence electrons. The van der Waals surface area contributed by atoms with Gasteiger partial charge in [-0.15, -0.1) is 0 Å². The predicted octanol–water partition coefficient (Wildman–Crippen LogP) is 5.77. The Labute approximate surface area is 207 Å². The van der Waals surface area contributed by atoms with Crippen LogP contribution in [0.3, 0.4) is 0 Å². The molecule has 0 saturated heterocycles. The largest absolute Gasteiger partial charge is 0.497 e. The Morgan fingerprint density at radius 1 is 0.857 bits per heavy atom. The number of pyridine rings is 1. The van der Waals surface area contributed by atoms with Gasteiger partial charge in [-0.25, -0.2) is 4.98 Å². The zero-order valence-electron chi connectivity index (χ0n) is 21.1. The van der Waals surface area contributed by atoms with E-state index in [1.54, 1.807) is 7.11 Å². The van der Waals surface area contributed by atoms with Gasteiger partial charge in [0, 0.05) is 48.2 Å². The molecule has 4 rings (SSSR count). The van der Waals surface area contributed by atoms with E-state index in [1.807, 2.05) is 24.4 Å². The molecule has 0 bridgehead atoms. The average molecular weight is 468 g/mol. The molecule has 0 saturated carbocycles. The highest BCUT2D eigenvalue weighted by molar-refractivity contribution is 5.76. The zero-order valence-corrected chi connectivity index (χ0v) is 21.1. The molecule has 3 aromatic heterocycles. The molecular weight excluding hydrogens is 434 g/mol. The van der Waals surface area contributed by atoms with Gasteiger partial charge >= 0.3 is 0 Å². The van der Waals surface area contributed by atoms with Crippen LogP contribution in [0.2, 0.25) is 0 Å². The lowest BCUT2D eigenvalue weighted by Crippen LogP contribution is -2.10. The minimum Gasteiger partial charge on any atom is -0.497 e. The zero-order chi connectivity index (χ0) is 24.9. The van der Waals surface area contributed by atoms with E-state index in [1.165, 1.54) is 6.21 Å². The number of benzene rings is 1. The third-order valence-corrected chi connectivity index (χ3v) is 6.18. The van der Waals surface area contributed by atoms with Crippen molar-refractivity contribution < 1.29 is 4.74 Å². The van der Waals surface area contributed by atoms with Crippen LogP contribution in [0.4, 0.5) is 0 Å². The van der Waals surface area contributed by atoms with Crippen LogP contribution in [-0.2, 0) is 13.0 Å². The Morgan fingerprint density at radius 2 is 1.43 bits per heavy atom. The van der Waals surface area contributed by atoms with Crippen LogP contribution < -0.4 is 10.1 Å². The van der Waals surface area contributed by atoms with Crippen molar-refractivity contribution in [3.05, 3.63) is 106 Å². The number of nitrogens with zero attached hydrogens (tertiary/aromatic N) is 3. The molecule has 0 aliphatic carbocycles. The van der Waals surface area contributed by atoms with E-state index in [2.05, 4.69) is 84.6 Å². The fourth-order valence-electron chi connectivity index (χ4n) is 4.41. The second kappa shape index (κ2) is 10.5. The lowest BCUT2D eigenvalue weighted by Gasteiger charge is -2.16. The molecule has 4 aromatic rings. The minimum atomic E-state index is 0.621. The van der Waals surface area contributed by atoms with E-state index in [-0.39, 0.29) is 0 Å². The summed E-state index contributed by atoms with van der Waals surface area (Å²) in [4.78, 5) is 5.03. The lowest BCUT2D eigenvalue weighted by molar-refractivity contribution is 0.414. The first kappa shape index (κ1) is 24.1. The summed E-state index contributed by atoms with van der Waals surface area (Å²) < 4.78 is 9.66. The topological polar surface area (TPSA) is 67.9 Å². The summed E-state index contributed by atoms with van der Waals surface area (Å²) in [5.74, 6) is 2.61. The monoisotopic (exact) mass is 467 g/mol. The standard InChI is InChI=1S/C29H33N5O/c1-20-9-10-21(2)33(20)28-15-25(16-29(32-28)34-22(3)11-12-23(34)4)13-26(17-30)19-31-18-24-7-6-8-27(14-24)35-5/h6-12,14-17,19,30-31H,13,18H2,1-5H3/b26-19-,30-17?. The van der Waals surface area contributed by atoms with Gasteiger partial charge in [-0.3, -0.25) is 0 Å². The van der Waals surface area contributed by atoms with E-state index >= 15 is 0 Å². The molecule has 1 aromatic carbocycles. The second-order valence-corrected chi connectivity index (χ2v) is 8.87. The summed E-state index contributed by atoms with van der Waals surface area (Å²) >= 11 is 0. The summed E-state index contributed by atoms with van der Waals surface area (Å²) in [6.45, 7) is 9.04. The fraction of sp³-hybridized carbons (Fsp3) is 0.241. The Bertz CT molecular complexity index is 1270. The van der Waals surface area contributed by atoms with Gasteiger partial charge in [-0.1, -0.05) is 12.1 Å². The molecule has 6 nitrogen and oxygen atoms in total. The highest BCUT2D eigenvalue weighted by Gasteiger charge is 2.13. The van der Waals surface area contributed by atoms with Crippen molar-refractivity contribution in [3.63, 3.8) is 0 Å². The van der Waals surface area contributed by atoms with Crippen molar-refractivity contribution in [2.24, 2.45) is 0 Å². The summed E-state index contributed by atoms with van der Waals surface area (Å²) in [7, 11) is 1.67. The van der Waals surface area contributed by atoms with Crippen LogP contribution >= 0.6 is 0 Å². The number of methoxy groups -OCH3 is 1. The van der Waals surface area contributed by atoms with E-state index in [0.717, 1.165) is 56.9 Å². The van der Waals surface area contributed by atoms with Gasteiger partial charge < -0.3 is 24.6 Å². The van der Waals surface area contributed by atoms with E-state index in [9.17, 15) is 0 Å². The molecule has 3 heterocycles. The molecule has 0 fully saturated rings. The van der Waals surface area contributed by atoms with Gasteiger partial charge in [-0.2, -0.15) is 0 Å². The molecule has 0 radical (unpaired) electrons. The van der Waals surface area contributed by atoms with Crippen molar-refractivity contribution in [1.82, 2.24) is 19.4 Å². The molecule has 0 atom stereocenters. The molecular formula is C29H33N5O. The van der Waals surface area contributed by atoms with Crippen LogP contribution in [0.25, 0.3) is 11.6 Å². The summed E-state index contributed by atoms with van der Waals surface area (Å²) in [5.41, 5.74) is 7.67. The number of nitrogens with one attached hydrogen (secondary N) is 2. The quantitative estimate of drug-likeness (QED) is 0.307. The first-order chi connectivity index (χ1) is 16.9. The average Bonchev–Trinajstić information content (AvgIpc) is 3.37. The molecule has 2 N–H and O–H groups in total. The second-order valence-electron chi connectivity index (χ2n) is 8.87. The van der Waals surface area contributed by atoms with Crippen molar-refractivity contribution in [2.75, 3.05) is 7.11 Å². The summed E-state index contributed by atoms with van der Waals surface area (Å²) in [6.07, 6.45) is 3.96. The van der Waals surface area contributed by atoms with E-state index in [4.69, 9.17) is 15.1 Å². The number of hydrogen-bond acceptors (Lipinski definition) is 4. The number of rotatable bonds is 9. The van der Waals surface area contributed by atoms with Gasteiger partial charge in [-0.05, 0) is 92.9 Å². The molecule has 0 aliphatic heterocycles. The number of aryl methyl sites for hydroxylation is 4. The van der Waals surface area contributed by atoms with Gasteiger partial charge in [0.1, 0.15) is 17.4 Å².